The van der Waals surface area contributed by atoms with Gasteiger partial charge in [-0.25, -0.2) is 15.0 Å². The third-order valence-corrected chi connectivity index (χ3v) is 11.3. The van der Waals surface area contributed by atoms with E-state index in [1.54, 1.807) is 0 Å². The van der Waals surface area contributed by atoms with Crippen LogP contribution >= 0.6 is 0 Å². The first kappa shape index (κ1) is 35.9. The van der Waals surface area contributed by atoms with Crippen LogP contribution < -0.4 is 0 Å². The van der Waals surface area contributed by atoms with Gasteiger partial charge >= 0.3 is 0 Å². The minimum atomic E-state index is 0.587. The zero-order valence-electron chi connectivity index (χ0n) is 33.1. The Kier molecular flexibility index (Phi) is 9.14. The van der Waals surface area contributed by atoms with Crippen molar-refractivity contribution >= 4 is 21.9 Å². The lowest BCUT2D eigenvalue weighted by Crippen LogP contribution is -2.00. The van der Waals surface area contributed by atoms with Crippen molar-refractivity contribution in [3.63, 3.8) is 0 Å². The predicted molar refractivity (Wildman–Crippen MR) is 251 cm³/mol. The first-order valence-electron chi connectivity index (χ1n) is 20.5. The molecule has 0 amide bonds. The Morgan fingerprint density at radius 2 is 0.623 bits per heavy atom. The highest BCUT2D eigenvalue weighted by atomic mass is 16.3. The molecule has 0 fully saturated rings. The zero-order chi connectivity index (χ0) is 40.5. The summed E-state index contributed by atoms with van der Waals surface area (Å²) in [6.07, 6.45) is 0. The molecule has 0 saturated carbocycles. The maximum atomic E-state index is 6.51. The van der Waals surface area contributed by atoms with Crippen LogP contribution in [-0.4, -0.2) is 15.0 Å². The van der Waals surface area contributed by atoms with Crippen molar-refractivity contribution in [1.29, 1.82) is 0 Å². The SMILES string of the molecule is c1ccc(-c2cccc(-c3cccc(-c4cccc(-c5ccc6oc7cccc(-c8nc(-c9ccccc9)nc(-c9cccc(-c%10ccccc%10)c9)n8)c7c6c5)c4)c3)c2)cc1. The maximum Gasteiger partial charge on any atom is 0.164 e. The maximum absolute atomic E-state index is 6.51. The molecule has 2 heterocycles. The molecule has 0 atom stereocenters. The van der Waals surface area contributed by atoms with Crippen LogP contribution in [0.25, 0.3) is 112 Å². The minimum absolute atomic E-state index is 0.587. The number of benzene rings is 9. The van der Waals surface area contributed by atoms with Crippen LogP contribution in [0.1, 0.15) is 0 Å². The summed E-state index contributed by atoms with van der Waals surface area (Å²) >= 11 is 0. The molecule has 0 bridgehead atoms. The number of nitrogens with zero attached hydrogens (tertiary/aromatic N) is 3. The van der Waals surface area contributed by atoms with Gasteiger partial charge in [0.25, 0.3) is 0 Å². The third-order valence-electron chi connectivity index (χ3n) is 11.3. The third kappa shape index (κ3) is 7.07. The van der Waals surface area contributed by atoms with Gasteiger partial charge in [-0.3, -0.25) is 0 Å². The number of aromatic nitrogens is 3. The second-order valence-electron chi connectivity index (χ2n) is 15.2. The molecule has 11 aromatic rings. The van der Waals surface area contributed by atoms with Crippen molar-refractivity contribution in [3.05, 3.63) is 224 Å². The topological polar surface area (TPSA) is 51.8 Å². The van der Waals surface area contributed by atoms with E-state index in [0.29, 0.717) is 17.5 Å². The molecule has 9 aromatic carbocycles. The fourth-order valence-electron chi connectivity index (χ4n) is 8.27. The normalized spacial score (nSPS) is 11.3. The molecule has 11 rings (SSSR count). The summed E-state index contributed by atoms with van der Waals surface area (Å²) in [6.45, 7) is 0. The number of fused-ring (bicyclic) bond motifs is 3. The van der Waals surface area contributed by atoms with Gasteiger partial charge in [0.2, 0.25) is 0 Å². The van der Waals surface area contributed by atoms with E-state index in [4.69, 9.17) is 19.4 Å². The van der Waals surface area contributed by atoms with Crippen LogP contribution in [0.4, 0.5) is 0 Å². The summed E-state index contributed by atoms with van der Waals surface area (Å²) in [5.74, 6) is 1.81. The summed E-state index contributed by atoms with van der Waals surface area (Å²) in [4.78, 5) is 15.4. The predicted octanol–water partition coefficient (Wildman–Crippen LogP) is 15.1. The first-order chi connectivity index (χ1) is 30.2. The summed E-state index contributed by atoms with van der Waals surface area (Å²) in [5.41, 5.74) is 15.9. The van der Waals surface area contributed by atoms with E-state index in [1.165, 1.54) is 22.3 Å². The van der Waals surface area contributed by atoms with E-state index in [2.05, 4.69) is 176 Å². The standard InChI is InChI=1S/C57H37N3O/c1-4-15-38(16-5-1)41-21-10-23-43(33-41)44-24-11-25-45(34-44)46-26-12-27-47(35-46)48-31-32-52-51(37-48)54-50(29-14-30-53(54)61-52)57-59-55(40-19-8-3-9-20-40)58-56(60-57)49-28-13-22-42(36-49)39-17-6-2-7-18-39/h1-37H. The van der Waals surface area contributed by atoms with Crippen molar-refractivity contribution in [3.8, 4) is 89.8 Å². The van der Waals surface area contributed by atoms with E-state index in [1.807, 2.05) is 48.5 Å². The van der Waals surface area contributed by atoms with Crippen LogP contribution in [0.3, 0.4) is 0 Å². The Morgan fingerprint density at radius 1 is 0.246 bits per heavy atom. The molecule has 0 saturated heterocycles. The van der Waals surface area contributed by atoms with Crippen molar-refractivity contribution < 1.29 is 4.42 Å². The summed E-state index contributed by atoms with van der Waals surface area (Å²) in [5, 5.41) is 1.97. The number of hydrogen-bond donors (Lipinski definition) is 0. The van der Waals surface area contributed by atoms with E-state index >= 15 is 0 Å². The molecule has 286 valence electrons. The molecule has 0 aliphatic rings. The lowest BCUT2D eigenvalue weighted by molar-refractivity contribution is 0.669. The highest BCUT2D eigenvalue weighted by molar-refractivity contribution is 6.12. The summed E-state index contributed by atoms with van der Waals surface area (Å²) < 4.78 is 6.51. The van der Waals surface area contributed by atoms with E-state index < -0.39 is 0 Å². The number of hydrogen-bond acceptors (Lipinski definition) is 4. The van der Waals surface area contributed by atoms with Gasteiger partial charge in [-0.05, 0) is 98.1 Å². The molecule has 0 aliphatic carbocycles. The Morgan fingerprint density at radius 3 is 1.15 bits per heavy atom. The van der Waals surface area contributed by atoms with Gasteiger partial charge in [0.1, 0.15) is 11.2 Å². The average Bonchev–Trinajstić information content (AvgIpc) is 3.73. The molecular weight excluding hydrogens is 743 g/mol. The van der Waals surface area contributed by atoms with Gasteiger partial charge in [-0.1, -0.05) is 182 Å². The van der Waals surface area contributed by atoms with E-state index in [0.717, 1.165) is 72.0 Å². The molecule has 61 heavy (non-hydrogen) atoms. The highest BCUT2D eigenvalue weighted by Crippen LogP contribution is 2.39. The van der Waals surface area contributed by atoms with Crippen LogP contribution in [0, 0.1) is 0 Å². The molecular formula is C57H37N3O. The van der Waals surface area contributed by atoms with Crippen LogP contribution in [-0.2, 0) is 0 Å². The van der Waals surface area contributed by atoms with Gasteiger partial charge in [0, 0.05) is 27.5 Å². The van der Waals surface area contributed by atoms with Crippen LogP contribution in [0.15, 0.2) is 229 Å². The van der Waals surface area contributed by atoms with E-state index in [-0.39, 0.29) is 0 Å². The largest absolute Gasteiger partial charge is 0.456 e. The second kappa shape index (κ2) is 15.5. The Hall–Kier alpha value is -8.21. The van der Waals surface area contributed by atoms with Crippen molar-refractivity contribution in [2.45, 2.75) is 0 Å². The molecule has 4 nitrogen and oxygen atoms in total. The average molecular weight is 780 g/mol. The molecule has 4 heteroatoms. The molecule has 0 spiro atoms. The van der Waals surface area contributed by atoms with Gasteiger partial charge in [0.05, 0.1) is 0 Å². The lowest BCUT2D eigenvalue weighted by atomic mass is 9.94. The van der Waals surface area contributed by atoms with Gasteiger partial charge in [-0.2, -0.15) is 0 Å². The highest BCUT2D eigenvalue weighted by Gasteiger charge is 2.19. The van der Waals surface area contributed by atoms with Gasteiger partial charge in [0.15, 0.2) is 17.5 Å². The first-order valence-corrected chi connectivity index (χ1v) is 20.5. The number of furan rings is 1. The Bertz CT molecular complexity index is 3360. The molecule has 0 aliphatic heterocycles. The lowest BCUT2D eigenvalue weighted by Gasteiger charge is -2.11. The smallest absolute Gasteiger partial charge is 0.164 e. The molecule has 0 N–H and O–H groups in total. The quantitative estimate of drug-likeness (QED) is 0.154. The van der Waals surface area contributed by atoms with Crippen molar-refractivity contribution in [2.24, 2.45) is 0 Å². The van der Waals surface area contributed by atoms with Gasteiger partial charge in [-0.15, -0.1) is 0 Å². The zero-order valence-corrected chi connectivity index (χ0v) is 33.1. The summed E-state index contributed by atoms with van der Waals surface area (Å²) in [6, 6.07) is 78.3. The second-order valence-corrected chi connectivity index (χ2v) is 15.2. The molecule has 2 aromatic heterocycles. The summed E-state index contributed by atoms with van der Waals surface area (Å²) in [7, 11) is 0. The molecule has 0 unspecified atom stereocenters. The molecule has 0 radical (unpaired) electrons. The fourth-order valence-corrected chi connectivity index (χ4v) is 8.27. The minimum Gasteiger partial charge on any atom is -0.456 e. The fraction of sp³-hybridized carbons (Fsp3) is 0. The van der Waals surface area contributed by atoms with Crippen LogP contribution in [0.5, 0.6) is 0 Å². The van der Waals surface area contributed by atoms with Crippen molar-refractivity contribution in [1.82, 2.24) is 15.0 Å². The van der Waals surface area contributed by atoms with Crippen LogP contribution in [0.2, 0.25) is 0 Å². The number of rotatable bonds is 8. The van der Waals surface area contributed by atoms with Crippen molar-refractivity contribution in [2.75, 3.05) is 0 Å². The Balaban J connectivity index is 0.993. The monoisotopic (exact) mass is 779 g/mol. The van der Waals surface area contributed by atoms with Gasteiger partial charge < -0.3 is 4.42 Å². The van der Waals surface area contributed by atoms with E-state index in [9.17, 15) is 0 Å². The Labute approximate surface area is 354 Å².